The van der Waals surface area contributed by atoms with E-state index in [1.807, 2.05) is 30.3 Å². The second kappa shape index (κ2) is 11.4. The van der Waals surface area contributed by atoms with Gasteiger partial charge in [0, 0.05) is 39.3 Å². The predicted molar refractivity (Wildman–Crippen MR) is 118 cm³/mol. The molecule has 0 saturated carbocycles. The molecule has 0 spiro atoms. The number of hydrogen-bond acceptors (Lipinski definition) is 4. The molecule has 29 heavy (non-hydrogen) atoms. The Morgan fingerprint density at radius 3 is 2.38 bits per heavy atom. The molecule has 1 saturated heterocycles. The fourth-order valence-electron chi connectivity index (χ4n) is 3.43. The molecule has 1 fully saturated rings. The summed E-state index contributed by atoms with van der Waals surface area (Å²) >= 11 is 0. The summed E-state index contributed by atoms with van der Waals surface area (Å²) in [5, 5.41) is 3.03. The number of nitrogens with one attached hydrogen (secondary N) is 1. The molecule has 0 unspecified atom stereocenters. The first-order valence-corrected chi connectivity index (χ1v) is 10.3. The van der Waals surface area contributed by atoms with Gasteiger partial charge in [-0.3, -0.25) is 14.6 Å². The molecule has 0 atom stereocenters. The Hall–Kier alpha value is -2.63. The average molecular weight is 394 g/mol. The van der Waals surface area contributed by atoms with Crippen LogP contribution in [0, 0.1) is 0 Å². The van der Waals surface area contributed by atoms with Crippen LogP contribution in [0.15, 0.2) is 60.7 Å². The normalized spacial score (nSPS) is 15.5. The lowest BCUT2D eigenvalue weighted by Gasteiger charge is -2.33. The zero-order chi connectivity index (χ0) is 20.3. The van der Waals surface area contributed by atoms with E-state index >= 15 is 0 Å². The van der Waals surface area contributed by atoms with Crippen molar-refractivity contribution < 1.29 is 9.53 Å². The van der Waals surface area contributed by atoms with Crippen molar-refractivity contribution >= 4 is 12.0 Å². The number of carbonyl (C=O) groups excluding carboxylic acids is 1. The van der Waals surface area contributed by atoms with Crippen LogP contribution < -0.4 is 10.1 Å². The summed E-state index contributed by atoms with van der Waals surface area (Å²) in [5.41, 5.74) is 2.43. The number of hydrogen-bond donors (Lipinski definition) is 1. The van der Waals surface area contributed by atoms with E-state index in [2.05, 4.69) is 51.5 Å². The lowest BCUT2D eigenvalue weighted by atomic mass is 10.1. The molecule has 154 valence electrons. The molecule has 5 heteroatoms. The van der Waals surface area contributed by atoms with Crippen molar-refractivity contribution in [1.29, 1.82) is 0 Å². The maximum atomic E-state index is 12.2. The zero-order valence-corrected chi connectivity index (χ0v) is 17.2. The fourth-order valence-corrected chi connectivity index (χ4v) is 3.43. The highest BCUT2D eigenvalue weighted by Gasteiger charge is 2.17. The van der Waals surface area contributed by atoms with Crippen molar-refractivity contribution in [3.05, 3.63) is 71.8 Å². The van der Waals surface area contributed by atoms with Gasteiger partial charge >= 0.3 is 0 Å². The minimum Gasteiger partial charge on any atom is -0.497 e. The summed E-state index contributed by atoms with van der Waals surface area (Å²) in [6, 6.07) is 18.3. The Balaban J connectivity index is 1.29. The SMILES string of the molecule is COc1ccc(CCNC(=O)CN2CCN(C/C=C/c3ccccc3)CC2)cc1. The van der Waals surface area contributed by atoms with Crippen LogP contribution >= 0.6 is 0 Å². The minimum absolute atomic E-state index is 0.107. The quantitative estimate of drug-likeness (QED) is 0.712. The lowest BCUT2D eigenvalue weighted by Crippen LogP contribution is -2.49. The van der Waals surface area contributed by atoms with Gasteiger partial charge in [-0.2, -0.15) is 0 Å². The number of amides is 1. The second-order valence-electron chi connectivity index (χ2n) is 7.34. The van der Waals surface area contributed by atoms with Crippen LogP contribution in [0.4, 0.5) is 0 Å². The van der Waals surface area contributed by atoms with Crippen LogP contribution in [-0.4, -0.2) is 68.6 Å². The van der Waals surface area contributed by atoms with Gasteiger partial charge < -0.3 is 10.1 Å². The average Bonchev–Trinajstić information content (AvgIpc) is 2.76. The topological polar surface area (TPSA) is 44.8 Å². The van der Waals surface area contributed by atoms with Gasteiger partial charge in [0.15, 0.2) is 0 Å². The number of carbonyl (C=O) groups is 1. The molecule has 0 bridgehead atoms. The Bertz CT molecular complexity index is 766. The highest BCUT2D eigenvalue weighted by molar-refractivity contribution is 5.78. The zero-order valence-electron chi connectivity index (χ0n) is 17.2. The van der Waals surface area contributed by atoms with E-state index in [-0.39, 0.29) is 5.91 Å². The third kappa shape index (κ3) is 7.37. The smallest absolute Gasteiger partial charge is 0.234 e. The Labute approximate surface area is 174 Å². The number of methoxy groups -OCH3 is 1. The van der Waals surface area contributed by atoms with Gasteiger partial charge in [0.05, 0.1) is 13.7 Å². The number of ether oxygens (including phenoxy) is 1. The van der Waals surface area contributed by atoms with Crippen LogP contribution in [-0.2, 0) is 11.2 Å². The molecule has 0 aliphatic carbocycles. The highest BCUT2D eigenvalue weighted by Crippen LogP contribution is 2.11. The van der Waals surface area contributed by atoms with Gasteiger partial charge in [-0.05, 0) is 29.7 Å². The van der Waals surface area contributed by atoms with Crippen molar-refractivity contribution in [1.82, 2.24) is 15.1 Å². The predicted octanol–water partition coefficient (Wildman–Crippen LogP) is 2.68. The van der Waals surface area contributed by atoms with E-state index in [1.165, 1.54) is 11.1 Å². The van der Waals surface area contributed by atoms with E-state index in [4.69, 9.17) is 4.74 Å². The van der Waals surface area contributed by atoms with E-state index in [1.54, 1.807) is 7.11 Å². The van der Waals surface area contributed by atoms with Gasteiger partial charge in [-0.25, -0.2) is 0 Å². The standard InChI is InChI=1S/C24H31N3O2/c1-29-23-11-9-22(10-12-23)13-14-25-24(28)20-27-18-16-26(17-19-27)15-5-8-21-6-3-2-4-7-21/h2-12H,13-20H2,1H3,(H,25,28)/b8-5+. The molecule has 3 rings (SSSR count). The maximum Gasteiger partial charge on any atom is 0.234 e. The van der Waals surface area contributed by atoms with Gasteiger partial charge in [0.2, 0.25) is 5.91 Å². The largest absolute Gasteiger partial charge is 0.497 e. The van der Waals surface area contributed by atoms with Crippen LogP contribution in [0.25, 0.3) is 6.08 Å². The number of nitrogens with zero attached hydrogens (tertiary/aromatic N) is 2. The lowest BCUT2D eigenvalue weighted by molar-refractivity contribution is -0.122. The summed E-state index contributed by atoms with van der Waals surface area (Å²) in [6.45, 7) is 5.97. The molecule has 0 aromatic heterocycles. The van der Waals surface area contributed by atoms with Gasteiger partial charge in [-0.15, -0.1) is 0 Å². The molecule has 1 amide bonds. The summed E-state index contributed by atoms with van der Waals surface area (Å²) < 4.78 is 5.16. The van der Waals surface area contributed by atoms with E-state index in [9.17, 15) is 4.79 Å². The third-order valence-electron chi connectivity index (χ3n) is 5.20. The first kappa shape index (κ1) is 21.1. The van der Waals surface area contributed by atoms with Crippen molar-refractivity contribution in [2.24, 2.45) is 0 Å². The van der Waals surface area contributed by atoms with Crippen LogP contribution in [0.5, 0.6) is 5.75 Å². The van der Waals surface area contributed by atoms with Gasteiger partial charge in [0.1, 0.15) is 5.75 Å². The van der Waals surface area contributed by atoms with Gasteiger partial charge in [0.25, 0.3) is 0 Å². The fraction of sp³-hybridized carbons (Fsp3) is 0.375. The first-order chi connectivity index (χ1) is 14.2. The second-order valence-corrected chi connectivity index (χ2v) is 7.34. The van der Waals surface area contributed by atoms with Gasteiger partial charge in [-0.1, -0.05) is 54.6 Å². The van der Waals surface area contributed by atoms with Crippen molar-refractivity contribution in [2.45, 2.75) is 6.42 Å². The Morgan fingerprint density at radius 1 is 1.00 bits per heavy atom. The summed E-state index contributed by atoms with van der Waals surface area (Å²) in [4.78, 5) is 16.9. The monoisotopic (exact) mass is 393 g/mol. The van der Waals surface area contributed by atoms with E-state index in [0.717, 1.165) is 44.9 Å². The number of piperazine rings is 1. The molecular weight excluding hydrogens is 362 g/mol. The van der Waals surface area contributed by atoms with Crippen molar-refractivity contribution in [3.63, 3.8) is 0 Å². The van der Waals surface area contributed by atoms with Crippen LogP contribution in [0.3, 0.4) is 0 Å². The molecule has 2 aromatic carbocycles. The van der Waals surface area contributed by atoms with E-state index < -0.39 is 0 Å². The van der Waals surface area contributed by atoms with E-state index in [0.29, 0.717) is 13.1 Å². The molecule has 1 aliphatic heterocycles. The summed E-state index contributed by atoms with van der Waals surface area (Å²) in [7, 11) is 1.66. The number of rotatable bonds is 9. The molecule has 1 N–H and O–H groups in total. The molecule has 2 aromatic rings. The minimum atomic E-state index is 0.107. The molecule has 5 nitrogen and oxygen atoms in total. The molecule has 1 aliphatic rings. The first-order valence-electron chi connectivity index (χ1n) is 10.3. The third-order valence-corrected chi connectivity index (χ3v) is 5.20. The van der Waals surface area contributed by atoms with Crippen LogP contribution in [0.1, 0.15) is 11.1 Å². The summed E-state index contributed by atoms with van der Waals surface area (Å²) in [6.07, 6.45) is 5.22. The maximum absolute atomic E-state index is 12.2. The highest BCUT2D eigenvalue weighted by atomic mass is 16.5. The number of benzene rings is 2. The Morgan fingerprint density at radius 2 is 1.69 bits per heavy atom. The molecule has 0 radical (unpaired) electrons. The molecular formula is C24H31N3O2. The molecule has 1 heterocycles. The van der Waals surface area contributed by atoms with Crippen molar-refractivity contribution in [3.8, 4) is 5.75 Å². The Kier molecular flexibility index (Phi) is 8.28. The summed E-state index contributed by atoms with van der Waals surface area (Å²) in [5.74, 6) is 0.961. The van der Waals surface area contributed by atoms with Crippen LogP contribution in [0.2, 0.25) is 0 Å². The van der Waals surface area contributed by atoms with Crippen molar-refractivity contribution in [2.75, 3.05) is 52.9 Å².